The molecule has 1 aliphatic heterocycles. The van der Waals surface area contributed by atoms with E-state index in [0.717, 1.165) is 35.6 Å². The number of aryl methyl sites for hydroxylation is 1. The SMILES string of the molecule is Cc1ccc(N2C(=O)N(CC(=O)NC3CCCCC3)c3ccccc3S2(=O)=O)cc1. The van der Waals surface area contributed by atoms with Gasteiger partial charge in [0.15, 0.2) is 0 Å². The number of nitrogens with zero attached hydrogens (tertiary/aromatic N) is 2. The number of amides is 3. The van der Waals surface area contributed by atoms with Crippen molar-refractivity contribution in [2.45, 2.75) is 50.0 Å². The third kappa shape index (κ3) is 3.79. The number of sulfonamides is 1. The van der Waals surface area contributed by atoms with Crippen LogP contribution in [0.2, 0.25) is 0 Å². The second kappa shape index (κ2) is 8.10. The van der Waals surface area contributed by atoms with E-state index in [4.69, 9.17) is 0 Å². The van der Waals surface area contributed by atoms with Gasteiger partial charge < -0.3 is 5.32 Å². The average molecular weight is 428 g/mol. The quantitative estimate of drug-likeness (QED) is 0.808. The molecule has 0 bridgehead atoms. The lowest BCUT2D eigenvalue weighted by atomic mass is 9.95. The summed E-state index contributed by atoms with van der Waals surface area (Å²) in [4.78, 5) is 27.3. The zero-order chi connectivity index (χ0) is 21.3. The lowest BCUT2D eigenvalue weighted by molar-refractivity contribution is -0.120. The number of fused-ring (bicyclic) bond motifs is 1. The minimum Gasteiger partial charge on any atom is -0.352 e. The van der Waals surface area contributed by atoms with Gasteiger partial charge in [0.2, 0.25) is 5.91 Å². The first-order chi connectivity index (χ1) is 14.4. The molecule has 1 heterocycles. The standard InChI is InChI=1S/C22H25N3O4S/c1-16-11-13-18(14-12-16)25-22(27)24(15-21(26)23-17-7-3-2-4-8-17)19-9-5-6-10-20(19)30(25,28)29/h5-6,9-14,17H,2-4,7-8,15H2,1H3,(H,23,26). The summed E-state index contributed by atoms with van der Waals surface area (Å²) in [7, 11) is -4.08. The van der Waals surface area contributed by atoms with Crippen LogP contribution in [0.5, 0.6) is 0 Å². The molecule has 2 aromatic carbocycles. The molecule has 2 aromatic rings. The predicted octanol–water partition coefficient (Wildman–Crippen LogP) is 3.58. The first-order valence-corrected chi connectivity index (χ1v) is 11.6. The van der Waals surface area contributed by atoms with E-state index < -0.39 is 16.1 Å². The Kier molecular flexibility index (Phi) is 5.51. The van der Waals surface area contributed by atoms with Crippen molar-refractivity contribution in [3.8, 4) is 0 Å². The van der Waals surface area contributed by atoms with Crippen LogP contribution in [0.15, 0.2) is 53.4 Å². The number of urea groups is 1. The maximum Gasteiger partial charge on any atom is 0.343 e. The molecule has 1 fully saturated rings. The van der Waals surface area contributed by atoms with Crippen molar-refractivity contribution in [1.82, 2.24) is 5.32 Å². The van der Waals surface area contributed by atoms with Crippen molar-refractivity contribution in [1.29, 1.82) is 0 Å². The Balaban J connectivity index is 1.68. The van der Waals surface area contributed by atoms with Crippen LogP contribution in [-0.4, -0.2) is 32.9 Å². The molecule has 0 radical (unpaired) electrons. The molecule has 1 N–H and O–H groups in total. The van der Waals surface area contributed by atoms with Crippen LogP contribution in [-0.2, 0) is 14.8 Å². The molecule has 1 aliphatic carbocycles. The number of rotatable bonds is 4. The molecule has 0 aromatic heterocycles. The highest BCUT2D eigenvalue weighted by molar-refractivity contribution is 7.94. The van der Waals surface area contributed by atoms with Crippen molar-refractivity contribution in [2.75, 3.05) is 15.7 Å². The van der Waals surface area contributed by atoms with E-state index in [9.17, 15) is 18.0 Å². The van der Waals surface area contributed by atoms with Crippen LogP contribution >= 0.6 is 0 Å². The molecule has 4 rings (SSSR count). The fourth-order valence-corrected chi connectivity index (χ4v) is 5.65. The van der Waals surface area contributed by atoms with Crippen LogP contribution < -0.4 is 14.5 Å². The Labute approximate surface area is 176 Å². The third-order valence-electron chi connectivity index (χ3n) is 5.62. The Morgan fingerprint density at radius 1 is 1.03 bits per heavy atom. The van der Waals surface area contributed by atoms with Crippen molar-refractivity contribution in [3.63, 3.8) is 0 Å². The normalized spacial score (nSPS) is 18.8. The van der Waals surface area contributed by atoms with Gasteiger partial charge in [-0.15, -0.1) is 0 Å². The van der Waals surface area contributed by atoms with Crippen LogP contribution in [0.4, 0.5) is 16.2 Å². The summed E-state index contributed by atoms with van der Waals surface area (Å²) >= 11 is 0. The summed E-state index contributed by atoms with van der Waals surface area (Å²) in [6.07, 6.45) is 5.19. The zero-order valence-corrected chi connectivity index (χ0v) is 17.7. The highest BCUT2D eigenvalue weighted by atomic mass is 32.2. The molecule has 7 nitrogen and oxygen atoms in total. The number of hydrogen-bond donors (Lipinski definition) is 1. The molecule has 3 amide bonds. The highest BCUT2D eigenvalue weighted by Crippen LogP contribution is 2.37. The number of carbonyl (C=O) groups is 2. The van der Waals surface area contributed by atoms with E-state index in [2.05, 4.69) is 5.32 Å². The molecule has 158 valence electrons. The summed E-state index contributed by atoms with van der Waals surface area (Å²) in [5.41, 5.74) is 1.42. The van der Waals surface area contributed by atoms with E-state index in [1.165, 1.54) is 17.4 Å². The van der Waals surface area contributed by atoms with Gasteiger partial charge in [0.1, 0.15) is 11.4 Å². The first kappa shape index (κ1) is 20.4. The van der Waals surface area contributed by atoms with E-state index in [1.807, 2.05) is 6.92 Å². The monoisotopic (exact) mass is 427 g/mol. The van der Waals surface area contributed by atoms with E-state index >= 15 is 0 Å². The minimum atomic E-state index is -4.08. The highest BCUT2D eigenvalue weighted by Gasteiger charge is 2.43. The molecule has 0 atom stereocenters. The first-order valence-electron chi connectivity index (χ1n) is 10.2. The van der Waals surface area contributed by atoms with Gasteiger partial charge >= 0.3 is 6.03 Å². The predicted molar refractivity (Wildman–Crippen MR) is 115 cm³/mol. The molecular weight excluding hydrogens is 402 g/mol. The van der Waals surface area contributed by atoms with Gasteiger partial charge in [-0.05, 0) is 44.0 Å². The van der Waals surface area contributed by atoms with Gasteiger partial charge in [-0.2, -0.15) is 4.31 Å². The van der Waals surface area contributed by atoms with Crippen LogP contribution in [0.3, 0.4) is 0 Å². The summed E-state index contributed by atoms with van der Waals surface area (Å²) in [6, 6.07) is 12.3. The van der Waals surface area contributed by atoms with Crippen molar-refractivity contribution in [2.24, 2.45) is 0 Å². The molecule has 0 spiro atoms. The van der Waals surface area contributed by atoms with E-state index in [0.29, 0.717) is 0 Å². The molecular formula is C22H25N3O4S. The van der Waals surface area contributed by atoms with Gasteiger partial charge in [0.05, 0.1) is 11.4 Å². The summed E-state index contributed by atoms with van der Waals surface area (Å²) in [5, 5.41) is 3.00. The number of nitrogens with one attached hydrogen (secondary N) is 1. The van der Waals surface area contributed by atoms with Crippen molar-refractivity contribution >= 4 is 33.3 Å². The third-order valence-corrected chi connectivity index (χ3v) is 7.37. The molecule has 8 heteroatoms. The molecule has 1 saturated carbocycles. The van der Waals surface area contributed by atoms with Gasteiger partial charge in [-0.25, -0.2) is 13.2 Å². The van der Waals surface area contributed by atoms with Crippen molar-refractivity contribution in [3.05, 3.63) is 54.1 Å². The lowest BCUT2D eigenvalue weighted by Gasteiger charge is -2.36. The Hall–Kier alpha value is -2.87. The van der Waals surface area contributed by atoms with Gasteiger partial charge in [-0.1, -0.05) is 49.1 Å². The average Bonchev–Trinajstić information content (AvgIpc) is 2.73. The smallest absolute Gasteiger partial charge is 0.343 e. The molecule has 0 saturated heterocycles. The Bertz CT molecular complexity index is 1060. The summed E-state index contributed by atoms with van der Waals surface area (Å²) in [5.74, 6) is -0.284. The molecule has 30 heavy (non-hydrogen) atoms. The second-order valence-corrected chi connectivity index (χ2v) is 9.60. The topological polar surface area (TPSA) is 86.8 Å². The Morgan fingerprint density at radius 2 is 1.70 bits per heavy atom. The van der Waals surface area contributed by atoms with Gasteiger partial charge in [-0.3, -0.25) is 9.69 Å². The Morgan fingerprint density at radius 3 is 2.40 bits per heavy atom. The van der Waals surface area contributed by atoms with E-state index in [-0.39, 0.29) is 34.8 Å². The number of para-hydroxylation sites is 1. The fourth-order valence-electron chi connectivity index (χ4n) is 4.06. The minimum absolute atomic E-state index is 0.00985. The van der Waals surface area contributed by atoms with Crippen LogP contribution in [0.25, 0.3) is 0 Å². The van der Waals surface area contributed by atoms with Gasteiger partial charge in [0.25, 0.3) is 10.0 Å². The van der Waals surface area contributed by atoms with E-state index in [1.54, 1.807) is 42.5 Å². The molecule has 2 aliphatic rings. The lowest BCUT2D eigenvalue weighted by Crippen LogP contribution is -2.54. The van der Waals surface area contributed by atoms with Gasteiger partial charge in [0, 0.05) is 6.04 Å². The van der Waals surface area contributed by atoms with Crippen LogP contribution in [0, 0.1) is 6.92 Å². The number of hydrogen-bond acceptors (Lipinski definition) is 4. The van der Waals surface area contributed by atoms with Crippen LogP contribution in [0.1, 0.15) is 37.7 Å². The second-order valence-electron chi connectivity index (χ2n) is 7.84. The largest absolute Gasteiger partial charge is 0.352 e. The summed E-state index contributed by atoms with van der Waals surface area (Å²) < 4.78 is 27.2. The molecule has 0 unspecified atom stereocenters. The number of carbonyl (C=O) groups excluding carboxylic acids is 2. The zero-order valence-electron chi connectivity index (χ0n) is 16.9. The number of benzene rings is 2. The maximum absolute atomic E-state index is 13.3. The maximum atomic E-state index is 13.3. The van der Waals surface area contributed by atoms with Crippen molar-refractivity contribution < 1.29 is 18.0 Å². The summed E-state index contributed by atoms with van der Waals surface area (Å²) in [6.45, 7) is 1.65. The number of anilines is 2. The fraction of sp³-hybridized carbons (Fsp3) is 0.364.